The van der Waals surface area contributed by atoms with Gasteiger partial charge in [0.1, 0.15) is 11.6 Å². The van der Waals surface area contributed by atoms with Crippen LogP contribution in [0.4, 0.5) is 4.39 Å². The van der Waals surface area contributed by atoms with E-state index in [1.165, 1.54) is 25.0 Å². The van der Waals surface area contributed by atoms with Gasteiger partial charge in [-0.05, 0) is 49.8 Å². The highest BCUT2D eigenvalue weighted by atomic mass is 19.1. The first-order chi connectivity index (χ1) is 10.2. The van der Waals surface area contributed by atoms with Crippen LogP contribution in [0.2, 0.25) is 0 Å². The van der Waals surface area contributed by atoms with Gasteiger partial charge in [0.05, 0.1) is 0 Å². The minimum absolute atomic E-state index is 0.102. The zero-order valence-corrected chi connectivity index (χ0v) is 12.0. The van der Waals surface area contributed by atoms with Crippen molar-refractivity contribution in [1.29, 1.82) is 0 Å². The average molecular weight is 292 g/mol. The molecule has 0 radical (unpaired) electrons. The summed E-state index contributed by atoms with van der Waals surface area (Å²) >= 11 is 0. The Kier molecular flexibility index (Phi) is 4.39. The van der Waals surface area contributed by atoms with Crippen molar-refractivity contribution >= 4 is 5.91 Å². The highest BCUT2D eigenvalue weighted by Crippen LogP contribution is 2.22. The number of hydrogen-bond donors (Lipinski definition) is 2. The lowest BCUT2D eigenvalue weighted by atomic mass is 10.1. The van der Waals surface area contributed by atoms with Crippen LogP contribution in [-0.4, -0.2) is 24.6 Å². The fourth-order valence-electron chi connectivity index (χ4n) is 2.53. The molecule has 0 spiro atoms. The third-order valence-electron chi connectivity index (χ3n) is 3.87. The van der Waals surface area contributed by atoms with Crippen LogP contribution in [0.15, 0.2) is 18.2 Å². The first kappa shape index (κ1) is 14.3. The van der Waals surface area contributed by atoms with Crippen molar-refractivity contribution in [3.63, 3.8) is 0 Å². The quantitative estimate of drug-likeness (QED) is 0.874. The second-order valence-electron chi connectivity index (χ2n) is 5.84. The minimum Gasteiger partial charge on any atom is -0.480 e. The molecule has 114 valence electrons. The number of carbonyl (C=O) groups excluding carboxylic acids is 1. The van der Waals surface area contributed by atoms with Gasteiger partial charge in [-0.3, -0.25) is 4.79 Å². The van der Waals surface area contributed by atoms with E-state index in [-0.39, 0.29) is 11.7 Å². The SMILES string of the molecule is O=C1NCCCCC1Oc1cc(F)cc(CNC2CC2)c1. The summed E-state index contributed by atoms with van der Waals surface area (Å²) in [5.41, 5.74) is 0.853. The summed E-state index contributed by atoms with van der Waals surface area (Å²) in [5.74, 6) is 0.00758. The predicted molar refractivity (Wildman–Crippen MR) is 77.5 cm³/mol. The Morgan fingerprint density at radius 1 is 1.24 bits per heavy atom. The molecule has 1 saturated heterocycles. The first-order valence-corrected chi connectivity index (χ1v) is 7.68. The number of nitrogens with one attached hydrogen (secondary N) is 2. The molecule has 1 unspecified atom stereocenters. The summed E-state index contributed by atoms with van der Waals surface area (Å²) in [6, 6.07) is 5.25. The zero-order valence-electron chi connectivity index (χ0n) is 12.0. The predicted octanol–water partition coefficient (Wildman–Crippen LogP) is 2.13. The molecule has 0 bridgehead atoms. The molecule has 2 N–H and O–H groups in total. The standard InChI is InChI=1S/C16H21FN2O2/c17-12-7-11(10-19-13-4-5-13)8-14(9-12)21-15-3-1-2-6-18-16(15)20/h7-9,13,15,19H,1-6,10H2,(H,18,20). The Bertz CT molecular complexity index is 517. The number of ether oxygens (including phenoxy) is 1. The van der Waals surface area contributed by atoms with Crippen LogP contribution < -0.4 is 15.4 Å². The normalized spacial score (nSPS) is 22.5. The van der Waals surface area contributed by atoms with Crippen LogP contribution in [0.5, 0.6) is 5.75 Å². The molecule has 1 amide bonds. The van der Waals surface area contributed by atoms with Crippen molar-refractivity contribution < 1.29 is 13.9 Å². The largest absolute Gasteiger partial charge is 0.480 e. The van der Waals surface area contributed by atoms with E-state index in [0.29, 0.717) is 31.3 Å². The fourth-order valence-corrected chi connectivity index (χ4v) is 2.53. The van der Waals surface area contributed by atoms with Crippen molar-refractivity contribution in [2.24, 2.45) is 0 Å². The maximum atomic E-state index is 13.7. The molecule has 1 aliphatic heterocycles. The molecule has 1 aromatic rings. The van der Waals surface area contributed by atoms with E-state index in [1.54, 1.807) is 0 Å². The van der Waals surface area contributed by atoms with Crippen molar-refractivity contribution in [3.8, 4) is 5.75 Å². The van der Waals surface area contributed by atoms with E-state index in [9.17, 15) is 9.18 Å². The highest BCUT2D eigenvalue weighted by molar-refractivity contribution is 5.81. The van der Waals surface area contributed by atoms with E-state index >= 15 is 0 Å². The third kappa shape index (κ3) is 4.17. The molecule has 21 heavy (non-hydrogen) atoms. The van der Waals surface area contributed by atoms with E-state index in [2.05, 4.69) is 10.6 Å². The van der Waals surface area contributed by atoms with Crippen molar-refractivity contribution in [3.05, 3.63) is 29.6 Å². The maximum Gasteiger partial charge on any atom is 0.261 e. The van der Waals surface area contributed by atoms with Crippen LogP contribution in [0.1, 0.15) is 37.7 Å². The average Bonchev–Trinajstić information content (AvgIpc) is 3.27. The number of hydrogen-bond acceptors (Lipinski definition) is 3. The summed E-state index contributed by atoms with van der Waals surface area (Å²) in [7, 11) is 0. The van der Waals surface area contributed by atoms with Crippen LogP contribution in [-0.2, 0) is 11.3 Å². The molecular formula is C16H21FN2O2. The zero-order chi connectivity index (χ0) is 14.7. The van der Waals surface area contributed by atoms with E-state index < -0.39 is 6.10 Å². The fraction of sp³-hybridized carbons (Fsp3) is 0.562. The molecule has 3 rings (SSSR count). The summed E-state index contributed by atoms with van der Waals surface area (Å²) in [5, 5.41) is 6.17. The Hall–Kier alpha value is -1.62. The number of carbonyl (C=O) groups is 1. The number of amides is 1. The van der Waals surface area contributed by atoms with Gasteiger partial charge in [0.25, 0.3) is 5.91 Å². The molecule has 1 atom stereocenters. The van der Waals surface area contributed by atoms with Crippen molar-refractivity contribution in [2.45, 2.75) is 50.8 Å². The second-order valence-corrected chi connectivity index (χ2v) is 5.84. The van der Waals surface area contributed by atoms with E-state index in [1.807, 2.05) is 6.07 Å². The van der Waals surface area contributed by atoms with E-state index in [4.69, 9.17) is 4.74 Å². The highest BCUT2D eigenvalue weighted by Gasteiger charge is 2.23. The van der Waals surface area contributed by atoms with Crippen LogP contribution >= 0.6 is 0 Å². The van der Waals surface area contributed by atoms with Crippen LogP contribution in [0.25, 0.3) is 0 Å². The lowest BCUT2D eigenvalue weighted by molar-refractivity contribution is -0.127. The molecule has 2 fully saturated rings. The van der Waals surface area contributed by atoms with Gasteiger partial charge in [-0.15, -0.1) is 0 Å². The Balaban J connectivity index is 1.66. The molecule has 1 aliphatic carbocycles. The monoisotopic (exact) mass is 292 g/mol. The van der Waals surface area contributed by atoms with Gasteiger partial charge in [-0.25, -0.2) is 4.39 Å². The first-order valence-electron chi connectivity index (χ1n) is 7.68. The minimum atomic E-state index is -0.515. The maximum absolute atomic E-state index is 13.7. The number of benzene rings is 1. The van der Waals surface area contributed by atoms with Gasteiger partial charge >= 0.3 is 0 Å². The van der Waals surface area contributed by atoms with Gasteiger partial charge in [0.15, 0.2) is 6.10 Å². The van der Waals surface area contributed by atoms with Gasteiger partial charge in [0, 0.05) is 25.2 Å². The molecule has 1 heterocycles. The number of halogens is 1. The molecule has 4 nitrogen and oxygen atoms in total. The van der Waals surface area contributed by atoms with Crippen LogP contribution in [0.3, 0.4) is 0 Å². The molecule has 2 aliphatic rings. The Morgan fingerprint density at radius 3 is 2.90 bits per heavy atom. The summed E-state index contributed by atoms with van der Waals surface area (Å²) in [4.78, 5) is 11.9. The third-order valence-corrected chi connectivity index (χ3v) is 3.87. The van der Waals surface area contributed by atoms with Crippen LogP contribution in [0, 0.1) is 5.82 Å². The van der Waals surface area contributed by atoms with Gasteiger partial charge in [0.2, 0.25) is 0 Å². The number of rotatable bonds is 5. The molecule has 5 heteroatoms. The van der Waals surface area contributed by atoms with Gasteiger partial charge in [-0.2, -0.15) is 0 Å². The molecule has 1 aromatic carbocycles. The summed E-state index contributed by atoms with van der Waals surface area (Å²) in [6.45, 7) is 1.33. The van der Waals surface area contributed by atoms with Crippen molar-refractivity contribution in [1.82, 2.24) is 10.6 Å². The molecular weight excluding hydrogens is 271 g/mol. The summed E-state index contributed by atoms with van der Waals surface area (Å²) in [6.07, 6.45) is 4.46. The summed E-state index contributed by atoms with van der Waals surface area (Å²) < 4.78 is 19.4. The topological polar surface area (TPSA) is 50.4 Å². The molecule has 0 aromatic heterocycles. The second kappa shape index (κ2) is 6.43. The smallest absolute Gasteiger partial charge is 0.261 e. The Labute approximate surface area is 124 Å². The lowest BCUT2D eigenvalue weighted by Crippen LogP contribution is -2.36. The Morgan fingerprint density at radius 2 is 2.10 bits per heavy atom. The lowest BCUT2D eigenvalue weighted by Gasteiger charge is -2.16. The molecule has 1 saturated carbocycles. The van der Waals surface area contributed by atoms with Crippen molar-refractivity contribution in [2.75, 3.05) is 6.54 Å². The van der Waals surface area contributed by atoms with Gasteiger partial charge in [-0.1, -0.05) is 0 Å². The van der Waals surface area contributed by atoms with E-state index in [0.717, 1.165) is 18.4 Å². The van der Waals surface area contributed by atoms with Gasteiger partial charge < -0.3 is 15.4 Å².